The number of benzene rings is 3. The van der Waals surface area contributed by atoms with Crippen LogP contribution in [0.5, 0.6) is 0 Å². The maximum atomic E-state index is 12.9. The fourth-order valence-electron chi connectivity index (χ4n) is 2.53. The number of nitro benzene ring substituents is 1. The molecule has 0 fully saturated rings. The van der Waals surface area contributed by atoms with Crippen molar-refractivity contribution in [3.05, 3.63) is 92.0 Å². The Bertz CT molecular complexity index is 1070. The lowest BCUT2D eigenvalue weighted by molar-refractivity contribution is -0.387. The van der Waals surface area contributed by atoms with E-state index in [9.17, 15) is 14.9 Å². The molecule has 1 amide bonds. The van der Waals surface area contributed by atoms with Crippen LogP contribution in [-0.4, -0.2) is 10.8 Å². The number of hydrogen-bond donors (Lipinski definition) is 1. The van der Waals surface area contributed by atoms with E-state index in [1.165, 1.54) is 12.1 Å². The summed E-state index contributed by atoms with van der Waals surface area (Å²) in [7, 11) is 0. The number of nitrogens with one attached hydrogen (secondary N) is 1. The van der Waals surface area contributed by atoms with Gasteiger partial charge in [-0.2, -0.15) is 0 Å². The number of hydrogen-bond acceptors (Lipinski definition) is 4. The molecule has 0 atom stereocenters. The predicted molar refractivity (Wildman–Crippen MR) is 113 cm³/mol. The SMILES string of the molecule is Cc1c(Cl)cccc1NC(=O)c1ccccc1Sc1c(Cl)cccc1[N+](=O)[O-]. The number of anilines is 1. The van der Waals surface area contributed by atoms with E-state index in [1.807, 2.05) is 6.92 Å². The number of rotatable bonds is 5. The topological polar surface area (TPSA) is 72.2 Å². The molecule has 0 radical (unpaired) electrons. The molecular weight excluding hydrogens is 419 g/mol. The Labute approximate surface area is 175 Å². The maximum absolute atomic E-state index is 12.9. The summed E-state index contributed by atoms with van der Waals surface area (Å²) < 4.78 is 0. The van der Waals surface area contributed by atoms with Crippen molar-refractivity contribution in [2.75, 3.05) is 5.32 Å². The molecule has 0 aliphatic rings. The summed E-state index contributed by atoms with van der Waals surface area (Å²) in [6.07, 6.45) is 0. The number of carbonyl (C=O) groups is 1. The molecule has 0 bridgehead atoms. The van der Waals surface area contributed by atoms with Crippen LogP contribution in [0.3, 0.4) is 0 Å². The van der Waals surface area contributed by atoms with Crippen molar-refractivity contribution in [1.82, 2.24) is 0 Å². The first-order valence-electron chi connectivity index (χ1n) is 8.14. The highest BCUT2D eigenvalue weighted by atomic mass is 35.5. The van der Waals surface area contributed by atoms with Gasteiger partial charge in [0.15, 0.2) is 0 Å². The van der Waals surface area contributed by atoms with Gasteiger partial charge < -0.3 is 5.32 Å². The van der Waals surface area contributed by atoms with Crippen LogP contribution in [0.4, 0.5) is 11.4 Å². The van der Waals surface area contributed by atoms with Crippen LogP contribution in [0.1, 0.15) is 15.9 Å². The van der Waals surface area contributed by atoms with Crippen LogP contribution < -0.4 is 5.32 Å². The normalized spacial score (nSPS) is 10.5. The maximum Gasteiger partial charge on any atom is 0.284 e. The van der Waals surface area contributed by atoms with E-state index in [2.05, 4.69) is 5.32 Å². The molecule has 0 spiro atoms. The zero-order chi connectivity index (χ0) is 20.3. The van der Waals surface area contributed by atoms with Gasteiger partial charge in [0.05, 0.1) is 15.5 Å². The summed E-state index contributed by atoms with van der Waals surface area (Å²) in [4.78, 5) is 24.5. The third-order valence-corrected chi connectivity index (χ3v) is 6.05. The average Bonchev–Trinajstić information content (AvgIpc) is 2.67. The zero-order valence-corrected chi connectivity index (χ0v) is 16.9. The van der Waals surface area contributed by atoms with Crippen LogP contribution >= 0.6 is 35.0 Å². The number of amides is 1. The van der Waals surface area contributed by atoms with Crippen molar-refractivity contribution >= 4 is 52.2 Å². The Balaban J connectivity index is 1.96. The standard InChI is InChI=1S/C20H14Cl2N2O3S/c1-12-14(21)7-4-9-16(12)23-20(25)13-6-2-3-11-18(13)28-19-15(22)8-5-10-17(19)24(26)27/h2-11H,1H3,(H,23,25). The number of nitro groups is 1. The van der Waals surface area contributed by atoms with E-state index in [0.717, 1.165) is 17.3 Å². The number of halogens is 2. The van der Waals surface area contributed by atoms with E-state index in [0.29, 0.717) is 21.2 Å². The van der Waals surface area contributed by atoms with Crippen molar-refractivity contribution in [2.24, 2.45) is 0 Å². The Hall–Kier alpha value is -2.54. The van der Waals surface area contributed by atoms with E-state index < -0.39 is 4.92 Å². The van der Waals surface area contributed by atoms with Crippen LogP contribution in [0.2, 0.25) is 10.0 Å². The highest BCUT2D eigenvalue weighted by Gasteiger charge is 2.21. The second kappa shape index (κ2) is 8.65. The monoisotopic (exact) mass is 432 g/mol. The van der Waals surface area contributed by atoms with E-state index in [1.54, 1.807) is 48.5 Å². The fourth-order valence-corrected chi connectivity index (χ4v) is 4.04. The summed E-state index contributed by atoms with van der Waals surface area (Å²) in [5.74, 6) is -0.344. The molecule has 0 unspecified atom stereocenters. The van der Waals surface area contributed by atoms with Gasteiger partial charge in [0.25, 0.3) is 11.6 Å². The lowest BCUT2D eigenvalue weighted by atomic mass is 10.1. The Morgan fingerprint density at radius 3 is 2.43 bits per heavy atom. The number of nitrogens with zero attached hydrogens (tertiary/aromatic N) is 1. The smallest absolute Gasteiger partial charge is 0.284 e. The number of carbonyl (C=O) groups excluding carboxylic acids is 1. The minimum absolute atomic E-state index is 0.113. The van der Waals surface area contributed by atoms with Crippen LogP contribution in [0.25, 0.3) is 0 Å². The summed E-state index contributed by atoms with van der Waals surface area (Å²) >= 11 is 13.4. The van der Waals surface area contributed by atoms with Gasteiger partial charge in [0.1, 0.15) is 4.90 Å². The molecule has 8 heteroatoms. The van der Waals surface area contributed by atoms with Gasteiger partial charge in [-0.3, -0.25) is 14.9 Å². The van der Waals surface area contributed by atoms with Gasteiger partial charge in [-0.25, -0.2) is 0 Å². The third-order valence-electron chi connectivity index (χ3n) is 4.00. The summed E-state index contributed by atoms with van der Waals surface area (Å²) in [5.41, 5.74) is 1.62. The van der Waals surface area contributed by atoms with Gasteiger partial charge >= 0.3 is 0 Å². The van der Waals surface area contributed by atoms with Gasteiger partial charge in [0.2, 0.25) is 0 Å². The van der Waals surface area contributed by atoms with Gasteiger partial charge in [-0.05, 0) is 42.8 Å². The van der Waals surface area contributed by atoms with E-state index in [-0.39, 0.29) is 21.5 Å². The highest BCUT2D eigenvalue weighted by molar-refractivity contribution is 7.99. The molecule has 3 rings (SSSR count). The fraction of sp³-hybridized carbons (Fsp3) is 0.0500. The van der Waals surface area contributed by atoms with Crippen LogP contribution in [0, 0.1) is 17.0 Å². The van der Waals surface area contributed by atoms with Crippen molar-refractivity contribution < 1.29 is 9.72 Å². The summed E-state index contributed by atoms with van der Waals surface area (Å²) in [6.45, 7) is 1.81. The van der Waals surface area contributed by atoms with Gasteiger partial charge in [0, 0.05) is 21.7 Å². The van der Waals surface area contributed by atoms with Crippen molar-refractivity contribution in [1.29, 1.82) is 0 Å². The molecule has 0 aliphatic heterocycles. The second-order valence-electron chi connectivity index (χ2n) is 5.81. The molecule has 0 heterocycles. The quantitative estimate of drug-likeness (QED) is 0.363. The third kappa shape index (κ3) is 4.30. The van der Waals surface area contributed by atoms with Crippen molar-refractivity contribution in [3.8, 4) is 0 Å². The van der Waals surface area contributed by atoms with Crippen molar-refractivity contribution in [2.45, 2.75) is 16.7 Å². The first-order chi connectivity index (χ1) is 13.4. The Morgan fingerprint density at radius 2 is 1.68 bits per heavy atom. The van der Waals surface area contributed by atoms with Gasteiger partial charge in [-0.15, -0.1) is 0 Å². The van der Waals surface area contributed by atoms with E-state index in [4.69, 9.17) is 23.2 Å². The zero-order valence-electron chi connectivity index (χ0n) is 14.6. The summed E-state index contributed by atoms with van der Waals surface area (Å²) in [5, 5.41) is 15.0. The molecule has 3 aromatic rings. The molecule has 3 aromatic carbocycles. The molecule has 0 aromatic heterocycles. The van der Waals surface area contributed by atoms with Gasteiger partial charge in [-0.1, -0.05) is 59.2 Å². The Kier molecular flexibility index (Phi) is 6.24. The first-order valence-corrected chi connectivity index (χ1v) is 9.72. The van der Waals surface area contributed by atoms with Crippen molar-refractivity contribution in [3.63, 3.8) is 0 Å². The molecule has 28 heavy (non-hydrogen) atoms. The minimum Gasteiger partial charge on any atom is -0.322 e. The predicted octanol–water partition coefficient (Wildman–Crippen LogP) is 6.61. The lowest BCUT2D eigenvalue weighted by Crippen LogP contribution is -2.13. The minimum atomic E-state index is -0.494. The molecule has 142 valence electrons. The highest BCUT2D eigenvalue weighted by Crippen LogP contribution is 2.41. The van der Waals surface area contributed by atoms with Crippen LogP contribution in [0.15, 0.2) is 70.5 Å². The average molecular weight is 433 g/mol. The largest absolute Gasteiger partial charge is 0.322 e. The molecule has 0 saturated carbocycles. The molecule has 0 saturated heterocycles. The second-order valence-corrected chi connectivity index (χ2v) is 7.68. The summed E-state index contributed by atoms with van der Waals surface area (Å²) in [6, 6.07) is 16.6. The van der Waals surface area contributed by atoms with Crippen LogP contribution in [-0.2, 0) is 0 Å². The lowest BCUT2D eigenvalue weighted by Gasteiger charge is -2.13. The molecule has 5 nitrogen and oxygen atoms in total. The van der Waals surface area contributed by atoms with E-state index >= 15 is 0 Å². The Morgan fingerprint density at radius 1 is 1.00 bits per heavy atom. The molecular formula is C20H14Cl2N2O3S. The first kappa shape index (κ1) is 20.2. The molecule has 0 aliphatic carbocycles. The molecule has 1 N–H and O–H groups in total.